The van der Waals surface area contributed by atoms with Crippen LogP contribution in [0.1, 0.15) is 12.0 Å². The van der Waals surface area contributed by atoms with Crippen LogP contribution in [0.15, 0.2) is 35.3 Å². The van der Waals surface area contributed by atoms with Crippen molar-refractivity contribution in [3.63, 3.8) is 0 Å². The second-order valence-corrected chi connectivity index (χ2v) is 6.23. The zero-order chi connectivity index (χ0) is 16.7. The van der Waals surface area contributed by atoms with Gasteiger partial charge in [-0.3, -0.25) is 10.1 Å². The number of hydrogen-bond acceptors (Lipinski definition) is 5. The van der Waals surface area contributed by atoms with Gasteiger partial charge in [0.05, 0.1) is 10.6 Å². The summed E-state index contributed by atoms with van der Waals surface area (Å²) in [5, 5.41) is 11.8. The number of rotatable bonds is 7. The van der Waals surface area contributed by atoms with Crippen LogP contribution in [0.3, 0.4) is 0 Å². The molecule has 1 aliphatic heterocycles. The van der Waals surface area contributed by atoms with Crippen LogP contribution in [0.2, 0.25) is 0 Å². The van der Waals surface area contributed by atoms with Crippen molar-refractivity contribution in [1.29, 1.82) is 0 Å². The minimum absolute atomic E-state index is 0.100. The average Bonchev–Trinajstić information content (AvgIpc) is 2.96. The Morgan fingerprint density at radius 2 is 2.30 bits per heavy atom. The summed E-state index contributed by atoms with van der Waals surface area (Å²) in [5.41, 5.74) is 1.70. The maximum absolute atomic E-state index is 10.8. The second-order valence-electron chi connectivity index (χ2n) is 5.17. The Bertz CT molecular complexity index is 617. The predicted molar refractivity (Wildman–Crippen MR) is 94.6 cm³/mol. The summed E-state index contributed by atoms with van der Waals surface area (Å²) in [6.45, 7) is 4.36. The third-order valence-corrected chi connectivity index (χ3v) is 4.45. The Morgan fingerprint density at radius 1 is 1.48 bits per heavy atom. The molecule has 0 unspecified atom stereocenters. The molecule has 0 aromatic heterocycles. The van der Waals surface area contributed by atoms with E-state index in [1.165, 1.54) is 6.07 Å². The fraction of sp³-hybridized carbons (Fsp3) is 0.438. The number of amidine groups is 1. The van der Waals surface area contributed by atoms with Crippen LogP contribution in [0.4, 0.5) is 11.4 Å². The van der Waals surface area contributed by atoms with Crippen LogP contribution in [0.25, 0.3) is 0 Å². The first kappa shape index (κ1) is 17.5. The quantitative estimate of drug-likeness (QED) is 0.330. The smallest absolute Gasteiger partial charge is 0.269 e. The summed E-state index contributed by atoms with van der Waals surface area (Å²) in [4.78, 5) is 17.3. The van der Waals surface area contributed by atoms with Crippen molar-refractivity contribution < 1.29 is 9.66 Å². The monoisotopic (exact) mass is 335 g/mol. The summed E-state index contributed by atoms with van der Waals surface area (Å²) in [5.74, 6) is 1.01. The summed E-state index contributed by atoms with van der Waals surface area (Å²) < 4.78 is 5.01. The Hall–Kier alpha value is -1.86. The molecule has 1 aromatic rings. The Labute approximate surface area is 140 Å². The molecular weight excluding hydrogens is 314 g/mol. The van der Waals surface area contributed by atoms with Gasteiger partial charge in [-0.2, -0.15) is 0 Å². The first-order chi connectivity index (χ1) is 11.1. The summed E-state index contributed by atoms with van der Waals surface area (Å²) >= 11 is 1.72. The number of benzene rings is 1. The summed E-state index contributed by atoms with van der Waals surface area (Å²) in [7, 11) is 1.70. The van der Waals surface area contributed by atoms with Gasteiger partial charge >= 0.3 is 0 Å². The molecule has 1 heterocycles. The molecule has 124 valence electrons. The molecule has 7 heteroatoms. The number of hydrogen-bond donors (Lipinski definition) is 0. The zero-order valence-electron chi connectivity index (χ0n) is 13.4. The van der Waals surface area contributed by atoms with Crippen molar-refractivity contribution in [3.05, 3.63) is 46.0 Å². The fourth-order valence-corrected chi connectivity index (χ4v) is 3.20. The molecule has 1 saturated heterocycles. The molecule has 6 nitrogen and oxygen atoms in total. The molecule has 23 heavy (non-hydrogen) atoms. The minimum Gasteiger partial charge on any atom is -0.384 e. The molecular formula is C16H21N3O3S. The highest BCUT2D eigenvalue weighted by atomic mass is 32.2. The van der Waals surface area contributed by atoms with Gasteiger partial charge in [-0.25, -0.2) is 4.99 Å². The van der Waals surface area contributed by atoms with Crippen LogP contribution < -0.4 is 0 Å². The fourth-order valence-electron chi connectivity index (χ4n) is 2.19. The van der Waals surface area contributed by atoms with Gasteiger partial charge in [0, 0.05) is 44.7 Å². The van der Waals surface area contributed by atoms with Crippen LogP contribution >= 0.6 is 11.8 Å². The molecule has 0 N–H and O–H groups in total. The standard InChI is InChI=1S/C16H21N3O3S/c1-13-12-14(19(20)21)6-7-15(13)17-16-18(9-11-23-16)8-4-3-5-10-22-2/h3-4,6-7,12H,5,8-11H2,1-2H3. The van der Waals surface area contributed by atoms with Gasteiger partial charge < -0.3 is 9.64 Å². The molecule has 0 spiro atoms. The predicted octanol–water partition coefficient (Wildman–Crippen LogP) is 3.53. The second kappa shape index (κ2) is 8.69. The largest absolute Gasteiger partial charge is 0.384 e. The third kappa shape index (κ3) is 5.07. The number of non-ortho nitro benzene ring substituents is 1. The van der Waals surface area contributed by atoms with Crippen molar-refractivity contribution in [1.82, 2.24) is 4.90 Å². The zero-order valence-corrected chi connectivity index (χ0v) is 14.2. The van der Waals surface area contributed by atoms with Crippen molar-refractivity contribution in [3.8, 4) is 0 Å². The number of thioether (sulfide) groups is 1. The number of methoxy groups -OCH3 is 1. The van der Waals surface area contributed by atoms with Gasteiger partial charge in [-0.1, -0.05) is 23.9 Å². The van der Waals surface area contributed by atoms with Crippen molar-refractivity contribution in [2.75, 3.05) is 32.6 Å². The van der Waals surface area contributed by atoms with Gasteiger partial charge in [-0.15, -0.1) is 0 Å². The van der Waals surface area contributed by atoms with E-state index in [1.807, 2.05) is 6.92 Å². The third-order valence-electron chi connectivity index (χ3n) is 3.45. The van der Waals surface area contributed by atoms with Gasteiger partial charge in [0.2, 0.25) is 0 Å². The van der Waals surface area contributed by atoms with Crippen LogP contribution in [0.5, 0.6) is 0 Å². The normalized spacial score (nSPS) is 16.6. The van der Waals surface area contributed by atoms with E-state index in [0.717, 1.165) is 48.3 Å². The lowest BCUT2D eigenvalue weighted by molar-refractivity contribution is -0.384. The van der Waals surface area contributed by atoms with E-state index in [1.54, 1.807) is 31.0 Å². The highest BCUT2D eigenvalue weighted by Gasteiger charge is 2.18. The van der Waals surface area contributed by atoms with E-state index < -0.39 is 0 Å². The molecule has 1 fully saturated rings. The number of nitro groups is 1. The van der Waals surface area contributed by atoms with Crippen LogP contribution in [-0.2, 0) is 4.74 Å². The van der Waals surface area contributed by atoms with Crippen LogP contribution in [0, 0.1) is 17.0 Å². The molecule has 0 amide bonds. The molecule has 2 rings (SSSR count). The van der Waals surface area contributed by atoms with E-state index in [9.17, 15) is 10.1 Å². The summed E-state index contributed by atoms with van der Waals surface area (Å²) in [6, 6.07) is 4.78. The number of ether oxygens (including phenoxy) is 1. The number of aryl methyl sites for hydroxylation is 1. The first-order valence-electron chi connectivity index (χ1n) is 7.47. The van der Waals surface area contributed by atoms with Gasteiger partial charge in [0.25, 0.3) is 5.69 Å². The number of aliphatic imine (C=N–C) groups is 1. The maximum atomic E-state index is 10.8. The highest BCUT2D eigenvalue weighted by molar-refractivity contribution is 8.14. The Kier molecular flexibility index (Phi) is 6.61. The van der Waals surface area contributed by atoms with E-state index in [2.05, 4.69) is 22.0 Å². The highest BCUT2D eigenvalue weighted by Crippen LogP contribution is 2.27. The van der Waals surface area contributed by atoms with E-state index in [-0.39, 0.29) is 10.6 Å². The van der Waals surface area contributed by atoms with Gasteiger partial charge in [-0.05, 0) is 25.0 Å². The molecule has 0 saturated carbocycles. The number of nitrogens with zero attached hydrogens (tertiary/aromatic N) is 3. The molecule has 0 atom stereocenters. The molecule has 1 aromatic carbocycles. The Morgan fingerprint density at radius 3 is 3.00 bits per heavy atom. The SMILES string of the molecule is COCCC=CCN1CCSC1=Nc1ccc([N+](=O)[O-])cc1C. The molecule has 0 bridgehead atoms. The van der Waals surface area contributed by atoms with Crippen molar-refractivity contribution >= 4 is 28.3 Å². The van der Waals surface area contributed by atoms with E-state index in [0.29, 0.717) is 0 Å². The number of nitro benzene ring substituents is 1. The lowest BCUT2D eigenvalue weighted by atomic mass is 10.2. The van der Waals surface area contributed by atoms with Crippen molar-refractivity contribution in [2.45, 2.75) is 13.3 Å². The van der Waals surface area contributed by atoms with E-state index in [4.69, 9.17) is 4.74 Å². The van der Waals surface area contributed by atoms with E-state index >= 15 is 0 Å². The van der Waals surface area contributed by atoms with Gasteiger partial charge in [0.15, 0.2) is 5.17 Å². The summed E-state index contributed by atoms with van der Waals surface area (Å²) in [6.07, 6.45) is 5.15. The minimum atomic E-state index is -0.384. The maximum Gasteiger partial charge on any atom is 0.269 e. The lowest BCUT2D eigenvalue weighted by Crippen LogP contribution is -2.24. The van der Waals surface area contributed by atoms with Gasteiger partial charge in [0.1, 0.15) is 0 Å². The molecule has 1 aliphatic rings. The first-order valence-corrected chi connectivity index (χ1v) is 8.46. The van der Waals surface area contributed by atoms with Crippen molar-refractivity contribution in [2.24, 2.45) is 4.99 Å². The van der Waals surface area contributed by atoms with Crippen LogP contribution in [-0.4, -0.2) is 47.5 Å². The lowest BCUT2D eigenvalue weighted by Gasteiger charge is -2.15. The Balaban J connectivity index is 2.05. The topological polar surface area (TPSA) is 68.0 Å². The average molecular weight is 335 g/mol. The molecule has 0 radical (unpaired) electrons. The molecule has 0 aliphatic carbocycles.